The summed E-state index contributed by atoms with van der Waals surface area (Å²) in [6.45, 7) is 6.76. The largest absolute Gasteiger partial charge is 0.258 e. The molecule has 0 radical (unpaired) electrons. The second-order valence-electron chi connectivity index (χ2n) is 5.27. The normalized spacial score (nSPS) is 10.3. The van der Waals surface area contributed by atoms with Crippen molar-refractivity contribution in [1.82, 2.24) is 4.98 Å². The lowest BCUT2D eigenvalue weighted by molar-refractivity contribution is 0.735. The van der Waals surface area contributed by atoms with Crippen molar-refractivity contribution in [2.24, 2.45) is 0 Å². The summed E-state index contributed by atoms with van der Waals surface area (Å²) in [4.78, 5) is 4.82. The molecule has 0 aliphatic carbocycles. The lowest BCUT2D eigenvalue weighted by atomic mass is 10.0. The van der Waals surface area contributed by atoms with Gasteiger partial charge < -0.3 is 0 Å². The molecule has 0 spiro atoms. The molecule has 0 saturated heterocycles. The van der Waals surface area contributed by atoms with Gasteiger partial charge in [0.2, 0.25) is 0 Å². The van der Waals surface area contributed by atoms with E-state index in [0.717, 1.165) is 12.8 Å². The lowest BCUT2D eigenvalue weighted by Crippen LogP contribution is -2.00. The van der Waals surface area contributed by atoms with Crippen LogP contribution in [0, 0.1) is 0 Å². The molecule has 1 nitrogen and oxygen atoms in total. The Hall–Kier alpha value is -0.370. The zero-order valence-corrected chi connectivity index (χ0v) is 14.6. The molecule has 2 heteroatoms. The number of aryl methyl sites for hydroxylation is 3. The molecule has 110 valence electrons. The van der Waals surface area contributed by atoms with Gasteiger partial charge in [0, 0.05) is 11.4 Å². The fourth-order valence-electron chi connectivity index (χ4n) is 2.22. The quantitative estimate of drug-likeness (QED) is 0.568. The third-order valence-electron chi connectivity index (χ3n) is 3.38. The van der Waals surface area contributed by atoms with E-state index in [9.17, 15) is 0 Å². The van der Waals surface area contributed by atoms with Crippen LogP contribution in [0.2, 0.25) is 0 Å². The van der Waals surface area contributed by atoms with E-state index in [0.29, 0.717) is 0 Å². The van der Waals surface area contributed by atoms with Gasteiger partial charge in [0.25, 0.3) is 0 Å². The van der Waals surface area contributed by atoms with Gasteiger partial charge in [0.1, 0.15) is 0 Å². The van der Waals surface area contributed by atoms with E-state index in [-0.39, 0.29) is 17.0 Å². The van der Waals surface area contributed by atoms with E-state index in [2.05, 4.69) is 32.9 Å². The van der Waals surface area contributed by atoms with Gasteiger partial charge in [-0.05, 0) is 56.2 Å². The van der Waals surface area contributed by atoms with E-state index >= 15 is 0 Å². The minimum atomic E-state index is 0. The molecule has 1 aromatic rings. The van der Waals surface area contributed by atoms with Crippen LogP contribution < -0.4 is 0 Å². The molecule has 0 N–H and O–H groups in total. The summed E-state index contributed by atoms with van der Waals surface area (Å²) in [6.07, 6.45) is 11.1. The summed E-state index contributed by atoms with van der Waals surface area (Å²) in [7, 11) is 0. The fraction of sp³-hybridized carbons (Fsp3) is 0.706. The van der Waals surface area contributed by atoms with Gasteiger partial charge in [-0.3, -0.25) is 4.98 Å². The van der Waals surface area contributed by atoms with E-state index < -0.39 is 0 Å². The maximum absolute atomic E-state index is 4.82. The summed E-state index contributed by atoms with van der Waals surface area (Å²) >= 11 is 0. The SMILES string of the molecule is Br.CCCCc1cc(CCCC)nc(CCCC)c1. The lowest BCUT2D eigenvalue weighted by Gasteiger charge is -2.08. The summed E-state index contributed by atoms with van der Waals surface area (Å²) < 4.78 is 0. The van der Waals surface area contributed by atoms with Crippen molar-refractivity contribution < 1.29 is 0 Å². The van der Waals surface area contributed by atoms with Gasteiger partial charge in [0.15, 0.2) is 0 Å². The molecular weight excluding hydrogens is 298 g/mol. The molecule has 0 bridgehead atoms. The molecule has 0 atom stereocenters. The first-order valence-corrected chi connectivity index (χ1v) is 7.78. The van der Waals surface area contributed by atoms with Crippen LogP contribution in [0.25, 0.3) is 0 Å². The number of pyridine rings is 1. The van der Waals surface area contributed by atoms with Crippen LogP contribution in [0.5, 0.6) is 0 Å². The maximum Gasteiger partial charge on any atom is 0.0409 e. The van der Waals surface area contributed by atoms with Crippen LogP contribution in [0.15, 0.2) is 12.1 Å². The third-order valence-corrected chi connectivity index (χ3v) is 3.38. The standard InChI is InChI=1S/C17H29N.BrH/c1-4-7-10-15-13-16(11-8-5-2)18-17(14-15)12-9-6-3;/h13-14H,4-12H2,1-3H3;1H. The van der Waals surface area contributed by atoms with Crippen molar-refractivity contribution in [2.45, 2.75) is 78.6 Å². The number of aromatic nitrogens is 1. The van der Waals surface area contributed by atoms with E-state index in [1.807, 2.05) is 0 Å². The Kier molecular flexibility index (Phi) is 11.2. The molecule has 19 heavy (non-hydrogen) atoms. The Labute approximate surface area is 130 Å². The van der Waals surface area contributed by atoms with Gasteiger partial charge >= 0.3 is 0 Å². The minimum Gasteiger partial charge on any atom is -0.258 e. The predicted octanol–water partition coefficient (Wildman–Crippen LogP) is 5.69. The van der Waals surface area contributed by atoms with Gasteiger partial charge in [-0.15, -0.1) is 17.0 Å². The summed E-state index contributed by atoms with van der Waals surface area (Å²) in [6, 6.07) is 4.67. The molecule has 0 saturated carbocycles. The maximum atomic E-state index is 4.82. The highest BCUT2D eigenvalue weighted by atomic mass is 79.9. The first-order chi connectivity index (χ1) is 8.80. The topological polar surface area (TPSA) is 12.9 Å². The number of halogens is 1. The molecule has 0 aliphatic rings. The Bertz CT molecular complexity index is 271. The first-order valence-electron chi connectivity index (χ1n) is 7.78. The van der Waals surface area contributed by atoms with Crippen molar-refractivity contribution in [3.8, 4) is 0 Å². The Morgan fingerprint density at radius 1 is 0.737 bits per heavy atom. The highest BCUT2D eigenvalue weighted by molar-refractivity contribution is 8.93. The van der Waals surface area contributed by atoms with Crippen LogP contribution in [0.3, 0.4) is 0 Å². The molecule has 1 rings (SSSR count). The Morgan fingerprint density at radius 2 is 1.16 bits per heavy atom. The van der Waals surface area contributed by atoms with Gasteiger partial charge in [-0.1, -0.05) is 40.0 Å². The number of unbranched alkanes of at least 4 members (excludes halogenated alkanes) is 3. The number of hydrogen-bond donors (Lipinski definition) is 0. The van der Waals surface area contributed by atoms with Crippen molar-refractivity contribution in [3.05, 3.63) is 29.1 Å². The van der Waals surface area contributed by atoms with Crippen molar-refractivity contribution >= 4 is 17.0 Å². The second-order valence-corrected chi connectivity index (χ2v) is 5.27. The van der Waals surface area contributed by atoms with Crippen LogP contribution in [-0.4, -0.2) is 4.98 Å². The van der Waals surface area contributed by atoms with Crippen LogP contribution in [0.1, 0.15) is 76.2 Å². The number of rotatable bonds is 9. The fourth-order valence-corrected chi connectivity index (χ4v) is 2.22. The summed E-state index contributed by atoms with van der Waals surface area (Å²) in [5.41, 5.74) is 4.14. The zero-order valence-electron chi connectivity index (χ0n) is 12.9. The molecule has 0 aliphatic heterocycles. The van der Waals surface area contributed by atoms with Crippen molar-refractivity contribution in [3.63, 3.8) is 0 Å². The summed E-state index contributed by atoms with van der Waals surface area (Å²) in [5, 5.41) is 0. The molecule has 0 unspecified atom stereocenters. The molecular formula is C17H30BrN. The summed E-state index contributed by atoms with van der Waals surface area (Å²) in [5.74, 6) is 0. The van der Waals surface area contributed by atoms with Crippen LogP contribution in [0.4, 0.5) is 0 Å². The molecule has 1 aromatic heterocycles. The second kappa shape index (κ2) is 11.5. The average molecular weight is 328 g/mol. The highest BCUT2D eigenvalue weighted by Gasteiger charge is 2.03. The van der Waals surface area contributed by atoms with Crippen molar-refractivity contribution in [1.29, 1.82) is 0 Å². The minimum absolute atomic E-state index is 0. The molecule has 1 heterocycles. The van der Waals surface area contributed by atoms with Crippen molar-refractivity contribution in [2.75, 3.05) is 0 Å². The van der Waals surface area contributed by atoms with E-state index in [1.54, 1.807) is 0 Å². The highest BCUT2D eigenvalue weighted by Crippen LogP contribution is 2.13. The molecule has 0 aromatic carbocycles. The first kappa shape index (κ1) is 18.6. The monoisotopic (exact) mass is 327 g/mol. The average Bonchev–Trinajstić information content (AvgIpc) is 2.40. The van der Waals surface area contributed by atoms with Gasteiger partial charge in [0.05, 0.1) is 0 Å². The van der Waals surface area contributed by atoms with Crippen LogP contribution >= 0.6 is 17.0 Å². The number of hydrogen-bond acceptors (Lipinski definition) is 1. The van der Waals surface area contributed by atoms with Crippen LogP contribution in [-0.2, 0) is 19.3 Å². The third kappa shape index (κ3) is 7.71. The predicted molar refractivity (Wildman–Crippen MR) is 90.4 cm³/mol. The smallest absolute Gasteiger partial charge is 0.0409 e. The van der Waals surface area contributed by atoms with Gasteiger partial charge in [-0.25, -0.2) is 0 Å². The Morgan fingerprint density at radius 3 is 1.58 bits per heavy atom. The van der Waals surface area contributed by atoms with Gasteiger partial charge in [-0.2, -0.15) is 0 Å². The molecule has 0 amide bonds. The number of nitrogens with zero attached hydrogens (tertiary/aromatic N) is 1. The Balaban J connectivity index is 0.00000324. The molecule has 0 fully saturated rings. The zero-order chi connectivity index (χ0) is 13.2. The van der Waals surface area contributed by atoms with E-state index in [1.165, 1.54) is 61.9 Å². The van der Waals surface area contributed by atoms with E-state index in [4.69, 9.17) is 4.98 Å².